The SMILES string of the molecule is COC(=O)N[C@H](C(=O)N1CC(F)(F)C[C@H]1c1ncc(-c2ccc(-c3ccc(-c4cnc([C@@H]5CC(F)(F)CN5C(=O)[C@@H](NC(=O)OC)C(C)C)[nH]4)c4c3C3CCC4N3C)cc2)[nH]1)C(C)C. The summed E-state index contributed by atoms with van der Waals surface area (Å²) < 4.78 is 69.4. The number of likely N-dealkylation sites (tertiary alicyclic amines) is 2. The van der Waals surface area contributed by atoms with E-state index in [0.717, 1.165) is 63.1 Å². The van der Waals surface area contributed by atoms with E-state index in [1.165, 1.54) is 7.11 Å². The number of halogens is 4. The number of methoxy groups -OCH3 is 2. The molecule has 8 rings (SSSR count). The van der Waals surface area contributed by atoms with Gasteiger partial charge in [0, 0.05) is 30.5 Å². The lowest BCUT2D eigenvalue weighted by atomic mass is 9.82. The number of nitrogens with one attached hydrogen (secondary N) is 4. The van der Waals surface area contributed by atoms with Crippen molar-refractivity contribution in [1.29, 1.82) is 0 Å². The molecule has 2 aromatic carbocycles. The maximum Gasteiger partial charge on any atom is 0.407 e. The highest BCUT2D eigenvalue weighted by molar-refractivity contribution is 5.87. The van der Waals surface area contributed by atoms with Gasteiger partial charge in [0.2, 0.25) is 11.8 Å². The quantitative estimate of drug-likeness (QED) is 0.111. The number of carbonyl (C=O) groups is 4. The molecule has 3 fully saturated rings. The summed E-state index contributed by atoms with van der Waals surface area (Å²) in [6.07, 6.45) is 2.14. The Morgan fingerprint density at radius 3 is 1.55 bits per heavy atom. The fourth-order valence-electron chi connectivity index (χ4n) is 9.94. The minimum atomic E-state index is -3.17. The lowest BCUT2D eigenvalue weighted by molar-refractivity contribution is -0.137. The number of imidazole rings is 2. The molecule has 2 unspecified atom stereocenters. The first-order valence-electron chi connectivity index (χ1n) is 21.5. The van der Waals surface area contributed by atoms with Gasteiger partial charge in [-0.1, -0.05) is 64.1 Å². The Kier molecular flexibility index (Phi) is 11.8. The van der Waals surface area contributed by atoms with E-state index in [1.807, 2.05) is 36.4 Å². The highest BCUT2D eigenvalue weighted by Gasteiger charge is 2.52. The number of amides is 4. The van der Waals surface area contributed by atoms with Gasteiger partial charge in [0.25, 0.3) is 11.8 Å². The minimum absolute atomic E-state index is 0.107. The van der Waals surface area contributed by atoms with E-state index < -0.39 is 97.8 Å². The highest BCUT2D eigenvalue weighted by Crippen LogP contribution is 2.57. The number of aromatic amines is 2. The smallest absolute Gasteiger partial charge is 0.407 e. The van der Waals surface area contributed by atoms with Crippen molar-refractivity contribution >= 4 is 24.0 Å². The molecule has 3 saturated heterocycles. The largest absolute Gasteiger partial charge is 0.453 e. The van der Waals surface area contributed by atoms with Gasteiger partial charge in [0.05, 0.1) is 63.2 Å². The average molecular weight is 892 g/mol. The molecule has 2 bridgehead atoms. The molecule has 4 aliphatic rings. The molecule has 0 saturated carbocycles. The zero-order chi connectivity index (χ0) is 46.0. The van der Waals surface area contributed by atoms with Gasteiger partial charge >= 0.3 is 12.2 Å². The molecule has 342 valence electrons. The van der Waals surface area contributed by atoms with Gasteiger partial charge in [-0.05, 0) is 59.5 Å². The maximum atomic E-state index is 15.1. The molecule has 6 heterocycles. The molecule has 4 aliphatic heterocycles. The average Bonchev–Trinajstić information content (AvgIpc) is 4.13. The van der Waals surface area contributed by atoms with Crippen molar-refractivity contribution in [2.75, 3.05) is 34.4 Å². The number of hydrogen-bond donors (Lipinski definition) is 4. The van der Waals surface area contributed by atoms with Crippen LogP contribution in [-0.2, 0) is 19.1 Å². The second-order valence-corrected chi connectivity index (χ2v) is 18.0. The van der Waals surface area contributed by atoms with Crippen molar-refractivity contribution in [3.05, 3.63) is 71.6 Å². The zero-order valence-electron chi connectivity index (χ0n) is 36.7. The molecule has 19 heteroatoms. The van der Waals surface area contributed by atoms with Gasteiger partial charge < -0.3 is 39.9 Å². The highest BCUT2D eigenvalue weighted by atomic mass is 19.3. The van der Waals surface area contributed by atoms with E-state index in [2.05, 4.69) is 47.3 Å². The maximum absolute atomic E-state index is 15.1. The number of hydrogen-bond acceptors (Lipinski definition) is 9. The van der Waals surface area contributed by atoms with Crippen LogP contribution >= 0.6 is 0 Å². The first kappa shape index (κ1) is 44.6. The number of alkyl halides is 4. The summed E-state index contributed by atoms with van der Waals surface area (Å²) in [6.45, 7) is 5.22. The summed E-state index contributed by atoms with van der Waals surface area (Å²) in [7, 11) is 4.43. The first-order valence-corrected chi connectivity index (χ1v) is 21.5. The number of H-pyrrole nitrogens is 2. The van der Waals surface area contributed by atoms with Crippen molar-refractivity contribution in [3.8, 4) is 33.6 Å². The Morgan fingerprint density at radius 1 is 0.656 bits per heavy atom. The molecule has 2 aromatic heterocycles. The van der Waals surface area contributed by atoms with E-state index in [4.69, 9.17) is 4.74 Å². The van der Waals surface area contributed by atoms with E-state index in [-0.39, 0.29) is 23.7 Å². The number of benzene rings is 2. The van der Waals surface area contributed by atoms with Gasteiger partial charge in [-0.3, -0.25) is 14.5 Å². The van der Waals surface area contributed by atoms with Gasteiger partial charge in [-0.2, -0.15) is 0 Å². The number of aromatic nitrogens is 4. The lowest BCUT2D eigenvalue weighted by Crippen LogP contribution is -2.51. The van der Waals surface area contributed by atoms with Crippen molar-refractivity contribution in [3.63, 3.8) is 0 Å². The van der Waals surface area contributed by atoms with E-state index in [1.54, 1.807) is 40.1 Å². The van der Waals surface area contributed by atoms with E-state index in [9.17, 15) is 28.0 Å². The molecular weight excluding hydrogens is 839 g/mol. The van der Waals surface area contributed by atoms with Crippen molar-refractivity contribution < 1.29 is 46.2 Å². The molecule has 0 radical (unpaired) electrons. The van der Waals surface area contributed by atoms with Crippen LogP contribution < -0.4 is 10.6 Å². The Balaban J connectivity index is 1.06. The fourth-order valence-corrected chi connectivity index (χ4v) is 9.94. The molecule has 4 N–H and O–H groups in total. The van der Waals surface area contributed by atoms with Crippen molar-refractivity contribution in [2.24, 2.45) is 11.8 Å². The summed E-state index contributed by atoms with van der Waals surface area (Å²) in [5.74, 6) is -8.00. The van der Waals surface area contributed by atoms with Crippen LogP contribution in [0, 0.1) is 11.8 Å². The number of rotatable bonds is 11. The lowest BCUT2D eigenvalue weighted by Gasteiger charge is -2.29. The predicted molar refractivity (Wildman–Crippen MR) is 226 cm³/mol. The van der Waals surface area contributed by atoms with Gasteiger partial charge in [-0.25, -0.2) is 37.1 Å². The molecule has 6 atom stereocenters. The molecule has 15 nitrogen and oxygen atoms in total. The van der Waals surface area contributed by atoms with Crippen LogP contribution in [0.1, 0.15) is 100 Å². The zero-order valence-corrected chi connectivity index (χ0v) is 36.7. The third kappa shape index (κ3) is 8.18. The Bertz CT molecular complexity index is 2440. The van der Waals surface area contributed by atoms with Crippen molar-refractivity contribution in [2.45, 2.75) is 101 Å². The third-order valence-electron chi connectivity index (χ3n) is 13.2. The monoisotopic (exact) mass is 891 g/mol. The Hall–Kier alpha value is -5.98. The van der Waals surface area contributed by atoms with Crippen LogP contribution in [-0.4, -0.2) is 117 Å². The summed E-state index contributed by atoms with van der Waals surface area (Å²) >= 11 is 0. The second kappa shape index (κ2) is 16.9. The number of ether oxygens (including phenoxy) is 2. The molecule has 0 spiro atoms. The summed E-state index contributed by atoms with van der Waals surface area (Å²) in [5, 5.41) is 4.97. The van der Waals surface area contributed by atoms with Gasteiger partial charge in [0.15, 0.2) is 0 Å². The van der Waals surface area contributed by atoms with Crippen molar-refractivity contribution in [1.82, 2.24) is 45.3 Å². The Morgan fingerprint density at radius 2 is 1.08 bits per heavy atom. The Labute approximate surface area is 367 Å². The van der Waals surface area contributed by atoms with Crippen LogP contribution in [0.15, 0.2) is 48.8 Å². The number of alkyl carbamates (subject to hydrolysis) is 2. The summed E-state index contributed by atoms with van der Waals surface area (Å²) in [5.41, 5.74) is 7.11. The fraction of sp³-hybridized carbons (Fsp3) is 0.511. The molecule has 4 amide bonds. The van der Waals surface area contributed by atoms with Crippen LogP contribution in [0.3, 0.4) is 0 Å². The first-order chi connectivity index (χ1) is 30.3. The molecular formula is C45H53F4N9O6. The molecule has 0 aliphatic carbocycles. The normalized spacial score (nSPS) is 23.1. The molecule has 64 heavy (non-hydrogen) atoms. The summed E-state index contributed by atoms with van der Waals surface area (Å²) in [4.78, 5) is 71.4. The summed E-state index contributed by atoms with van der Waals surface area (Å²) in [6, 6.07) is 7.84. The van der Waals surface area contributed by atoms with Gasteiger partial charge in [-0.15, -0.1) is 0 Å². The predicted octanol–water partition coefficient (Wildman–Crippen LogP) is 7.53. The van der Waals surface area contributed by atoms with Crippen LogP contribution in [0.25, 0.3) is 33.6 Å². The number of nitrogens with zero attached hydrogens (tertiary/aromatic N) is 5. The van der Waals surface area contributed by atoms with Crippen LogP contribution in [0.2, 0.25) is 0 Å². The number of fused-ring (bicyclic) bond motifs is 5. The third-order valence-corrected chi connectivity index (χ3v) is 13.2. The standard InChI is InChI=1S/C45H53F4N9O6/c1-22(2)36(54-42(61)63-6)40(59)57-20-44(46,47)16-32(57)38-50-18-28(52-38)25-10-8-24(9-11-25)26-12-13-27(35-31-15-14-30(34(26)35)56(31)5)29-19-51-39(53-29)33-17-45(48,49)21-58(33)41(60)37(23(3)4)55-43(62)64-7/h8-13,18-19,22-23,30-33,36-37H,14-17,20-21H2,1-7H3,(H,50,52)(H,51,53)(H,54,61)(H,55,62)/t30?,31?,32-,33-,36-,37-/m0/s1. The van der Waals surface area contributed by atoms with Crippen LogP contribution in [0.5, 0.6) is 0 Å². The van der Waals surface area contributed by atoms with E-state index >= 15 is 8.78 Å². The van der Waals surface area contributed by atoms with Gasteiger partial charge in [0.1, 0.15) is 23.7 Å². The topological polar surface area (TPSA) is 178 Å². The number of carbonyl (C=O) groups excluding carboxylic acids is 4. The van der Waals surface area contributed by atoms with E-state index in [0.29, 0.717) is 11.4 Å². The molecule has 4 aromatic rings. The minimum Gasteiger partial charge on any atom is -0.453 e. The van der Waals surface area contributed by atoms with Crippen LogP contribution in [0.4, 0.5) is 27.2 Å². The second-order valence-electron chi connectivity index (χ2n) is 18.0.